The second kappa shape index (κ2) is 7.41. The molecule has 0 aromatic carbocycles. The quantitative estimate of drug-likeness (QED) is 0.904. The van der Waals surface area contributed by atoms with Gasteiger partial charge in [0.15, 0.2) is 6.10 Å². The van der Waals surface area contributed by atoms with Crippen LogP contribution in [-0.2, 0) is 21.5 Å². The number of likely N-dealkylation sites (tertiary alicyclic amines) is 1. The van der Waals surface area contributed by atoms with Gasteiger partial charge >= 0.3 is 5.97 Å². The third-order valence-electron chi connectivity index (χ3n) is 4.56. The van der Waals surface area contributed by atoms with Crippen molar-refractivity contribution in [3.05, 3.63) is 29.6 Å². The minimum atomic E-state index is -0.854. The number of piperidine rings is 1. The maximum absolute atomic E-state index is 11.2. The highest BCUT2D eigenvalue weighted by Crippen LogP contribution is 2.24. The van der Waals surface area contributed by atoms with Crippen LogP contribution in [0.1, 0.15) is 44.9 Å². The number of methoxy groups -OCH3 is 1. The van der Waals surface area contributed by atoms with E-state index < -0.39 is 12.1 Å². The van der Waals surface area contributed by atoms with E-state index in [1.54, 1.807) is 0 Å². The topological polar surface area (TPSA) is 62.7 Å². The molecule has 1 N–H and O–H groups in total. The lowest BCUT2D eigenvalue weighted by Crippen LogP contribution is -2.41. The molecular weight excluding hydrogens is 292 g/mol. The van der Waals surface area contributed by atoms with Crippen molar-refractivity contribution in [3.63, 3.8) is 0 Å². The van der Waals surface area contributed by atoms with Crippen molar-refractivity contribution >= 4 is 5.97 Å². The van der Waals surface area contributed by atoms with Crippen molar-refractivity contribution in [1.82, 2.24) is 9.88 Å². The Labute approximate surface area is 138 Å². The van der Waals surface area contributed by atoms with Gasteiger partial charge in [0.1, 0.15) is 0 Å². The summed E-state index contributed by atoms with van der Waals surface area (Å²) in [7, 11) is 1.48. The molecule has 0 saturated carbocycles. The third kappa shape index (κ3) is 4.75. The molecule has 0 bridgehead atoms. The number of carboxylic acid groups (broad SMARTS) is 1. The van der Waals surface area contributed by atoms with Crippen LogP contribution in [0.5, 0.6) is 0 Å². The normalized spacial score (nSPS) is 18.8. The predicted octanol–water partition coefficient (Wildman–Crippen LogP) is 2.69. The van der Waals surface area contributed by atoms with Gasteiger partial charge in [-0.1, -0.05) is 26.8 Å². The number of hydrogen-bond donors (Lipinski definition) is 1. The molecule has 1 aromatic rings. The van der Waals surface area contributed by atoms with Gasteiger partial charge in [-0.25, -0.2) is 4.79 Å². The Kier molecular flexibility index (Phi) is 5.76. The number of carboxylic acids is 1. The predicted molar refractivity (Wildman–Crippen MR) is 89.4 cm³/mol. The van der Waals surface area contributed by atoms with Gasteiger partial charge in [-0.15, -0.1) is 0 Å². The Morgan fingerprint density at radius 1 is 1.39 bits per heavy atom. The molecule has 1 aliphatic rings. The number of rotatable bonds is 5. The molecule has 1 saturated heterocycles. The van der Waals surface area contributed by atoms with Crippen LogP contribution in [0.4, 0.5) is 0 Å². The van der Waals surface area contributed by atoms with Crippen LogP contribution in [-0.4, -0.2) is 47.3 Å². The molecule has 1 atom stereocenters. The van der Waals surface area contributed by atoms with Gasteiger partial charge < -0.3 is 9.84 Å². The maximum atomic E-state index is 11.2. The third-order valence-corrected chi connectivity index (χ3v) is 4.56. The van der Waals surface area contributed by atoms with Crippen molar-refractivity contribution < 1.29 is 14.6 Å². The molecule has 0 amide bonds. The summed E-state index contributed by atoms with van der Waals surface area (Å²) in [6, 6.07) is 4.25. The molecule has 128 valence electrons. The molecule has 0 spiro atoms. The van der Waals surface area contributed by atoms with Crippen LogP contribution >= 0.6 is 0 Å². The average molecular weight is 320 g/mol. The largest absolute Gasteiger partial charge is 0.479 e. The summed E-state index contributed by atoms with van der Waals surface area (Å²) in [4.78, 5) is 18.1. The maximum Gasteiger partial charge on any atom is 0.333 e. The number of ether oxygens (including phenoxy) is 1. The Bertz CT molecular complexity index is 514. The van der Waals surface area contributed by atoms with E-state index in [4.69, 9.17) is 4.74 Å². The first-order valence-electron chi connectivity index (χ1n) is 8.24. The lowest BCUT2D eigenvalue weighted by Gasteiger charge is -2.34. The summed E-state index contributed by atoms with van der Waals surface area (Å²) < 4.78 is 5.12. The summed E-state index contributed by atoms with van der Waals surface area (Å²) in [5.74, 6) is -0.747. The van der Waals surface area contributed by atoms with Crippen LogP contribution in [0.15, 0.2) is 18.3 Å². The monoisotopic (exact) mass is 320 g/mol. The van der Waals surface area contributed by atoms with Gasteiger partial charge in [-0.3, -0.25) is 9.88 Å². The Hall–Kier alpha value is -1.46. The molecule has 2 heterocycles. The van der Waals surface area contributed by atoms with E-state index >= 15 is 0 Å². The highest BCUT2D eigenvalue weighted by molar-refractivity contribution is 5.72. The van der Waals surface area contributed by atoms with Crippen LogP contribution in [0, 0.1) is 5.92 Å². The van der Waals surface area contributed by atoms with E-state index in [1.807, 2.05) is 6.20 Å². The molecule has 5 heteroatoms. The average Bonchev–Trinajstić information content (AvgIpc) is 2.49. The molecule has 1 aliphatic heterocycles. The fourth-order valence-corrected chi connectivity index (χ4v) is 3.13. The summed E-state index contributed by atoms with van der Waals surface area (Å²) in [6.07, 6.45) is 3.00. The number of aliphatic carboxylic acids is 1. The zero-order chi connectivity index (χ0) is 17.0. The SMILES string of the molecule is COC(C(=O)O)C1CCN(Cc2ccc(C(C)(C)C)nc2)CC1. The van der Waals surface area contributed by atoms with E-state index in [-0.39, 0.29) is 11.3 Å². The van der Waals surface area contributed by atoms with E-state index in [2.05, 4.69) is 42.8 Å². The lowest BCUT2D eigenvalue weighted by molar-refractivity contribution is -0.153. The second-order valence-electron chi connectivity index (χ2n) is 7.41. The van der Waals surface area contributed by atoms with Crippen LogP contribution < -0.4 is 0 Å². The van der Waals surface area contributed by atoms with Crippen molar-refractivity contribution in [3.8, 4) is 0 Å². The molecule has 1 unspecified atom stereocenters. The zero-order valence-corrected chi connectivity index (χ0v) is 14.6. The Balaban J connectivity index is 1.88. The number of hydrogen-bond acceptors (Lipinski definition) is 4. The van der Waals surface area contributed by atoms with Gasteiger partial charge in [-0.2, -0.15) is 0 Å². The fourth-order valence-electron chi connectivity index (χ4n) is 3.13. The highest BCUT2D eigenvalue weighted by atomic mass is 16.5. The zero-order valence-electron chi connectivity index (χ0n) is 14.6. The number of carbonyl (C=O) groups is 1. The molecular formula is C18H28N2O3. The van der Waals surface area contributed by atoms with E-state index in [0.717, 1.165) is 38.2 Å². The van der Waals surface area contributed by atoms with Gasteiger partial charge in [0.2, 0.25) is 0 Å². The minimum absolute atomic E-state index is 0.0723. The van der Waals surface area contributed by atoms with Gasteiger partial charge in [0.05, 0.1) is 0 Å². The molecule has 1 fully saturated rings. The molecule has 5 nitrogen and oxygen atoms in total. The van der Waals surface area contributed by atoms with Crippen molar-refractivity contribution in [2.45, 2.75) is 51.7 Å². The van der Waals surface area contributed by atoms with Crippen LogP contribution in [0.25, 0.3) is 0 Å². The second-order valence-corrected chi connectivity index (χ2v) is 7.41. The van der Waals surface area contributed by atoms with E-state index in [9.17, 15) is 9.90 Å². The minimum Gasteiger partial charge on any atom is -0.479 e. The smallest absolute Gasteiger partial charge is 0.333 e. The Morgan fingerprint density at radius 2 is 2.04 bits per heavy atom. The van der Waals surface area contributed by atoms with Crippen LogP contribution in [0.3, 0.4) is 0 Å². The van der Waals surface area contributed by atoms with Gasteiger partial charge in [0.25, 0.3) is 0 Å². The number of aromatic nitrogens is 1. The molecule has 0 aliphatic carbocycles. The fraction of sp³-hybridized carbons (Fsp3) is 0.667. The van der Waals surface area contributed by atoms with Crippen molar-refractivity contribution in [1.29, 1.82) is 0 Å². The summed E-state index contributed by atoms with van der Waals surface area (Å²) in [5.41, 5.74) is 2.38. The van der Waals surface area contributed by atoms with Crippen LogP contribution in [0.2, 0.25) is 0 Å². The van der Waals surface area contributed by atoms with Gasteiger partial charge in [0, 0.05) is 31.0 Å². The van der Waals surface area contributed by atoms with Gasteiger partial charge in [-0.05, 0) is 43.5 Å². The number of pyridine rings is 1. The highest BCUT2D eigenvalue weighted by Gasteiger charge is 2.31. The lowest BCUT2D eigenvalue weighted by atomic mass is 9.90. The summed E-state index contributed by atoms with van der Waals surface area (Å²) in [5, 5.41) is 9.17. The number of nitrogens with zero attached hydrogens (tertiary/aromatic N) is 2. The first-order chi connectivity index (χ1) is 10.8. The summed E-state index contributed by atoms with van der Waals surface area (Å²) in [6.45, 7) is 9.16. The van der Waals surface area contributed by atoms with Crippen molar-refractivity contribution in [2.24, 2.45) is 5.92 Å². The molecule has 2 rings (SSSR count). The van der Waals surface area contributed by atoms with E-state index in [0.29, 0.717) is 0 Å². The Morgan fingerprint density at radius 3 is 2.48 bits per heavy atom. The molecule has 23 heavy (non-hydrogen) atoms. The molecule has 0 radical (unpaired) electrons. The first-order valence-corrected chi connectivity index (χ1v) is 8.24. The summed E-state index contributed by atoms with van der Waals surface area (Å²) >= 11 is 0. The standard InChI is InChI=1S/C18H28N2O3/c1-18(2,3)15-6-5-13(11-19-15)12-20-9-7-14(8-10-20)16(23-4)17(21)22/h5-6,11,14,16H,7-10,12H2,1-4H3,(H,21,22). The van der Waals surface area contributed by atoms with Crippen molar-refractivity contribution in [2.75, 3.05) is 20.2 Å². The first kappa shape index (κ1) is 17.9. The van der Waals surface area contributed by atoms with E-state index in [1.165, 1.54) is 12.7 Å². The molecule has 1 aromatic heterocycles.